The fourth-order valence-corrected chi connectivity index (χ4v) is 1.80. The molecule has 2 heterocycles. The number of hydrogen-bond acceptors (Lipinski definition) is 4. The summed E-state index contributed by atoms with van der Waals surface area (Å²) in [5.41, 5.74) is 7.59. The van der Waals surface area contributed by atoms with Gasteiger partial charge >= 0.3 is 0 Å². The molecule has 1 aliphatic heterocycles. The predicted molar refractivity (Wildman–Crippen MR) is 61.3 cm³/mol. The van der Waals surface area contributed by atoms with Gasteiger partial charge in [0.2, 0.25) is 0 Å². The van der Waals surface area contributed by atoms with Gasteiger partial charge in [-0.15, -0.1) is 0 Å². The zero-order chi connectivity index (χ0) is 11.4. The Morgan fingerprint density at radius 1 is 1.50 bits per heavy atom. The normalized spacial score (nSPS) is 17.4. The van der Waals surface area contributed by atoms with Crippen LogP contribution in [0.15, 0.2) is 12.3 Å². The molecular formula is C12H18N2O2. The van der Waals surface area contributed by atoms with E-state index in [9.17, 15) is 0 Å². The zero-order valence-corrected chi connectivity index (χ0v) is 9.61. The van der Waals surface area contributed by atoms with Crippen LogP contribution in [-0.4, -0.2) is 24.3 Å². The summed E-state index contributed by atoms with van der Waals surface area (Å²) in [6.45, 7) is 3.99. The van der Waals surface area contributed by atoms with Gasteiger partial charge in [0, 0.05) is 42.9 Å². The third-order valence-electron chi connectivity index (χ3n) is 2.76. The van der Waals surface area contributed by atoms with Gasteiger partial charge in [0.15, 0.2) is 0 Å². The van der Waals surface area contributed by atoms with Gasteiger partial charge in [-0.1, -0.05) is 0 Å². The molecule has 0 spiro atoms. The molecule has 16 heavy (non-hydrogen) atoms. The molecule has 4 nitrogen and oxygen atoms in total. The van der Waals surface area contributed by atoms with Crippen LogP contribution < -0.4 is 10.5 Å². The molecule has 88 valence electrons. The van der Waals surface area contributed by atoms with Crippen LogP contribution in [0.1, 0.15) is 24.1 Å². The molecule has 0 aliphatic carbocycles. The summed E-state index contributed by atoms with van der Waals surface area (Å²) < 4.78 is 11.3. The van der Waals surface area contributed by atoms with Crippen molar-refractivity contribution in [3.63, 3.8) is 0 Å². The fraction of sp³-hybridized carbons (Fsp3) is 0.583. The minimum Gasteiger partial charge on any atom is -0.490 e. The van der Waals surface area contributed by atoms with Crippen LogP contribution in [0.5, 0.6) is 5.75 Å². The summed E-state index contributed by atoms with van der Waals surface area (Å²) in [4.78, 5) is 4.22. The molecular weight excluding hydrogens is 204 g/mol. The highest BCUT2D eigenvalue weighted by Gasteiger charge is 2.16. The number of nitrogens with zero attached hydrogens (tertiary/aromatic N) is 1. The number of ether oxygens (including phenoxy) is 2. The lowest BCUT2D eigenvalue weighted by atomic mass is 10.1. The van der Waals surface area contributed by atoms with Crippen molar-refractivity contribution in [2.45, 2.75) is 32.4 Å². The highest BCUT2D eigenvalue weighted by atomic mass is 16.5. The number of aryl methyl sites for hydroxylation is 1. The van der Waals surface area contributed by atoms with Gasteiger partial charge in [-0.2, -0.15) is 0 Å². The zero-order valence-electron chi connectivity index (χ0n) is 9.61. The largest absolute Gasteiger partial charge is 0.490 e. The van der Waals surface area contributed by atoms with Crippen LogP contribution in [0.3, 0.4) is 0 Å². The highest BCUT2D eigenvalue weighted by molar-refractivity contribution is 5.32. The number of aromatic nitrogens is 1. The van der Waals surface area contributed by atoms with E-state index in [1.165, 1.54) is 0 Å². The molecule has 1 aliphatic rings. The fourth-order valence-electron chi connectivity index (χ4n) is 1.80. The third-order valence-corrected chi connectivity index (χ3v) is 2.76. The molecule has 0 radical (unpaired) electrons. The van der Waals surface area contributed by atoms with Gasteiger partial charge in [0.25, 0.3) is 0 Å². The van der Waals surface area contributed by atoms with Crippen molar-refractivity contribution in [2.75, 3.05) is 13.2 Å². The van der Waals surface area contributed by atoms with Crippen molar-refractivity contribution in [1.82, 2.24) is 4.98 Å². The van der Waals surface area contributed by atoms with Crippen LogP contribution in [0, 0.1) is 6.92 Å². The monoisotopic (exact) mass is 222 g/mol. The van der Waals surface area contributed by atoms with E-state index in [0.29, 0.717) is 6.54 Å². The topological polar surface area (TPSA) is 57.4 Å². The molecule has 0 unspecified atom stereocenters. The maximum atomic E-state index is 5.96. The first-order valence-electron chi connectivity index (χ1n) is 5.69. The molecule has 2 rings (SSSR count). The molecule has 0 bridgehead atoms. The first kappa shape index (κ1) is 11.4. The second kappa shape index (κ2) is 5.27. The third kappa shape index (κ3) is 2.71. The van der Waals surface area contributed by atoms with Gasteiger partial charge in [-0.05, 0) is 6.92 Å². The van der Waals surface area contributed by atoms with Crippen molar-refractivity contribution in [3.05, 3.63) is 23.5 Å². The average Bonchev–Trinajstić information content (AvgIpc) is 2.31. The summed E-state index contributed by atoms with van der Waals surface area (Å²) in [6, 6.07) is 1.96. The first-order valence-corrected chi connectivity index (χ1v) is 5.69. The van der Waals surface area contributed by atoms with Crippen LogP contribution in [0.25, 0.3) is 0 Å². The maximum Gasteiger partial charge on any atom is 0.127 e. The van der Waals surface area contributed by atoms with Crippen LogP contribution in [0.2, 0.25) is 0 Å². The second-order valence-electron chi connectivity index (χ2n) is 4.07. The number of rotatable bonds is 3. The quantitative estimate of drug-likeness (QED) is 0.840. The van der Waals surface area contributed by atoms with E-state index >= 15 is 0 Å². The molecule has 0 amide bonds. The second-order valence-corrected chi connectivity index (χ2v) is 4.07. The Kier molecular flexibility index (Phi) is 3.74. The van der Waals surface area contributed by atoms with E-state index in [1.54, 1.807) is 6.20 Å². The minimum absolute atomic E-state index is 0.251. The Bertz CT molecular complexity index is 349. The van der Waals surface area contributed by atoms with Gasteiger partial charge in [-0.25, -0.2) is 0 Å². The van der Waals surface area contributed by atoms with Crippen molar-refractivity contribution < 1.29 is 9.47 Å². The summed E-state index contributed by atoms with van der Waals surface area (Å²) in [5, 5.41) is 0. The van der Waals surface area contributed by atoms with Gasteiger partial charge in [-0.3, -0.25) is 4.98 Å². The lowest BCUT2D eigenvalue weighted by Gasteiger charge is -2.24. The summed E-state index contributed by atoms with van der Waals surface area (Å²) >= 11 is 0. The van der Waals surface area contributed by atoms with Gasteiger partial charge in [0.1, 0.15) is 11.9 Å². The molecule has 4 heteroatoms. The molecule has 0 saturated carbocycles. The average molecular weight is 222 g/mol. The Morgan fingerprint density at radius 2 is 2.25 bits per heavy atom. The number of nitrogens with two attached hydrogens (primary N) is 1. The molecule has 1 fully saturated rings. The molecule has 0 aromatic carbocycles. The minimum atomic E-state index is 0.251. The van der Waals surface area contributed by atoms with E-state index in [-0.39, 0.29) is 6.10 Å². The standard InChI is InChI=1S/C12H18N2O2/c1-9-6-12(10(7-13)8-14-9)16-11-2-4-15-5-3-11/h6,8,11H,2-5,7,13H2,1H3. The SMILES string of the molecule is Cc1cc(OC2CCOCC2)c(CN)cn1. The molecule has 2 N–H and O–H groups in total. The maximum absolute atomic E-state index is 5.96. The van der Waals surface area contributed by atoms with Crippen LogP contribution in [-0.2, 0) is 11.3 Å². The summed E-state index contributed by atoms with van der Waals surface area (Å²) in [6.07, 6.45) is 3.95. The Balaban J connectivity index is 2.09. The first-order chi connectivity index (χ1) is 7.79. The molecule has 0 atom stereocenters. The lowest BCUT2D eigenvalue weighted by Crippen LogP contribution is -2.26. The van der Waals surface area contributed by atoms with E-state index < -0.39 is 0 Å². The Morgan fingerprint density at radius 3 is 2.94 bits per heavy atom. The molecule has 1 aromatic heterocycles. The van der Waals surface area contributed by atoms with Crippen LogP contribution in [0.4, 0.5) is 0 Å². The number of pyridine rings is 1. The predicted octanol–water partition coefficient (Wildman–Crippen LogP) is 1.41. The smallest absolute Gasteiger partial charge is 0.127 e. The van der Waals surface area contributed by atoms with E-state index in [1.807, 2.05) is 13.0 Å². The van der Waals surface area contributed by atoms with E-state index in [4.69, 9.17) is 15.2 Å². The Hall–Kier alpha value is -1.13. The van der Waals surface area contributed by atoms with E-state index in [0.717, 1.165) is 43.1 Å². The van der Waals surface area contributed by atoms with Crippen molar-refractivity contribution >= 4 is 0 Å². The molecule has 1 aromatic rings. The van der Waals surface area contributed by atoms with Gasteiger partial charge < -0.3 is 15.2 Å². The highest BCUT2D eigenvalue weighted by Crippen LogP contribution is 2.22. The van der Waals surface area contributed by atoms with Crippen molar-refractivity contribution in [3.8, 4) is 5.75 Å². The summed E-state index contributed by atoms with van der Waals surface area (Å²) in [5.74, 6) is 0.877. The summed E-state index contributed by atoms with van der Waals surface area (Å²) in [7, 11) is 0. The van der Waals surface area contributed by atoms with Gasteiger partial charge in [0.05, 0.1) is 13.2 Å². The molecule has 1 saturated heterocycles. The van der Waals surface area contributed by atoms with Crippen molar-refractivity contribution in [1.29, 1.82) is 0 Å². The Labute approximate surface area is 95.8 Å². The lowest BCUT2D eigenvalue weighted by molar-refractivity contribution is 0.0251. The van der Waals surface area contributed by atoms with Crippen molar-refractivity contribution in [2.24, 2.45) is 5.73 Å². The number of hydrogen-bond donors (Lipinski definition) is 1. The van der Waals surface area contributed by atoms with E-state index in [2.05, 4.69) is 4.98 Å². The van der Waals surface area contributed by atoms with Crippen LogP contribution >= 0.6 is 0 Å².